The van der Waals surface area contributed by atoms with Crippen LogP contribution in [-0.2, 0) is 22.8 Å². The van der Waals surface area contributed by atoms with Gasteiger partial charge in [0.05, 0.1) is 17.8 Å². The fourth-order valence-electron chi connectivity index (χ4n) is 1.56. The summed E-state index contributed by atoms with van der Waals surface area (Å²) in [6.07, 6.45) is 7.26. The molecule has 6 heteroatoms. The Labute approximate surface area is 103 Å². The molecule has 98 valence electrons. The van der Waals surface area contributed by atoms with Crippen LogP contribution >= 0.6 is 0 Å². The van der Waals surface area contributed by atoms with E-state index >= 15 is 0 Å². The standard InChI is InChI=1S/C11H21N3O2S/c1-3-10(12)7-11-8-14(9-13-11)5-4-6-17(2,15)16/h8-10H,3-7,12H2,1-2H3. The van der Waals surface area contributed by atoms with Crippen LogP contribution in [0, 0.1) is 0 Å². The van der Waals surface area contributed by atoms with Crippen molar-refractivity contribution in [2.24, 2.45) is 5.73 Å². The largest absolute Gasteiger partial charge is 0.337 e. The molecule has 0 bridgehead atoms. The summed E-state index contributed by atoms with van der Waals surface area (Å²) in [4.78, 5) is 4.25. The molecule has 0 aromatic carbocycles. The lowest BCUT2D eigenvalue weighted by molar-refractivity contribution is 0.591. The molecule has 1 rings (SSSR count). The third-order valence-electron chi connectivity index (χ3n) is 2.61. The molecule has 0 saturated carbocycles. The van der Waals surface area contributed by atoms with Gasteiger partial charge >= 0.3 is 0 Å². The van der Waals surface area contributed by atoms with Crippen LogP contribution in [-0.4, -0.2) is 36.0 Å². The van der Waals surface area contributed by atoms with E-state index in [1.807, 2.05) is 17.7 Å². The van der Waals surface area contributed by atoms with Crippen LogP contribution < -0.4 is 5.73 Å². The fraction of sp³-hybridized carbons (Fsp3) is 0.727. The third kappa shape index (κ3) is 5.83. The Morgan fingerprint density at radius 2 is 2.24 bits per heavy atom. The number of nitrogens with two attached hydrogens (primary N) is 1. The van der Waals surface area contributed by atoms with E-state index in [9.17, 15) is 8.42 Å². The fourth-order valence-corrected chi connectivity index (χ4v) is 2.21. The minimum absolute atomic E-state index is 0.148. The Balaban J connectivity index is 2.41. The van der Waals surface area contributed by atoms with E-state index < -0.39 is 9.84 Å². The zero-order valence-corrected chi connectivity index (χ0v) is 11.3. The molecule has 1 unspecified atom stereocenters. The van der Waals surface area contributed by atoms with Gasteiger partial charge in [0, 0.05) is 31.5 Å². The van der Waals surface area contributed by atoms with Gasteiger partial charge in [-0.15, -0.1) is 0 Å². The predicted molar refractivity (Wildman–Crippen MR) is 68.5 cm³/mol. The van der Waals surface area contributed by atoms with Crippen molar-refractivity contribution in [1.29, 1.82) is 0 Å². The average Bonchev–Trinajstić information content (AvgIpc) is 2.63. The molecule has 2 N–H and O–H groups in total. The minimum atomic E-state index is -2.86. The summed E-state index contributed by atoms with van der Waals surface area (Å²) in [6, 6.07) is 0.148. The van der Waals surface area contributed by atoms with Crippen molar-refractivity contribution < 1.29 is 8.42 Å². The highest BCUT2D eigenvalue weighted by atomic mass is 32.2. The monoisotopic (exact) mass is 259 g/mol. The highest BCUT2D eigenvalue weighted by molar-refractivity contribution is 7.90. The first-order valence-corrected chi connectivity index (χ1v) is 7.90. The molecule has 1 atom stereocenters. The average molecular weight is 259 g/mol. The Morgan fingerprint density at radius 1 is 1.53 bits per heavy atom. The second-order valence-corrected chi connectivity index (χ2v) is 6.72. The predicted octanol–water partition coefficient (Wildman–Crippen LogP) is 0.598. The Bertz CT molecular complexity index is 439. The Kier molecular flexibility index (Phi) is 5.14. The van der Waals surface area contributed by atoms with Gasteiger partial charge in [-0.25, -0.2) is 13.4 Å². The van der Waals surface area contributed by atoms with Crippen molar-refractivity contribution in [2.45, 2.75) is 38.8 Å². The molecule has 0 aliphatic carbocycles. The first kappa shape index (κ1) is 14.2. The summed E-state index contributed by atoms with van der Waals surface area (Å²) >= 11 is 0. The topological polar surface area (TPSA) is 78.0 Å². The van der Waals surface area contributed by atoms with Gasteiger partial charge in [-0.1, -0.05) is 6.92 Å². The number of rotatable bonds is 7. The molecule has 0 saturated heterocycles. The maximum atomic E-state index is 11.0. The molecular formula is C11H21N3O2S. The van der Waals surface area contributed by atoms with E-state index in [2.05, 4.69) is 4.98 Å². The van der Waals surface area contributed by atoms with Gasteiger partial charge in [0.1, 0.15) is 9.84 Å². The number of hydrogen-bond acceptors (Lipinski definition) is 4. The molecule has 1 heterocycles. The van der Waals surface area contributed by atoms with Crippen molar-refractivity contribution in [3.63, 3.8) is 0 Å². The zero-order chi connectivity index (χ0) is 12.9. The quantitative estimate of drug-likeness (QED) is 0.777. The lowest BCUT2D eigenvalue weighted by Gasteiger charge is -2.04. The van der Waals surface area contributed by atoms with Gasteiger partial charge in [0.15, 0.2) is 0 Å². The maximum Gasteiger partial charge on any atom is 0.147 e. The SMILES string of the molecule is CCC(N)Cc1cn(CCCS(C)(=O)=O)cn1. The van der Waals surface area contributed by atoms with Crippen molar-refractivity contribution in [2.75, 3.05) is 12.0 Å². The number of imidazole rings is 1. The molecule has 0 fully saturated rings. The van der Waals surface area contributed by atoms with E-state index in [-0.39, 0.29) is 11.8 Å². The van der Waals surface area contributed by atoms with Crippen LogP contribution in [0.3, 0.4) is 0 Å². The molecule has 0 amide bonds. The molecule has 0 aliphatic rings. The molecule has 0 aliphatic heterocycles. The van der Waals surface area contributed by atoms with Gasteiger partial charge in [0.2, 0.25) is 0 Å². The van der Waals surface area contributed by atoms with E-state index in [0.29, 0.717) is 13.0 Å². The number of nitrogens with zero attached hydrogens (tertiary/aromatic N) is 2. The van der Waals surface area contributed by atoms with Crippen molar-refractivity contribution in [1.82, 2.24) is 9.55 Å². The number of sulfone groups is 1. The van der Waals surface area contributed by atoms with E-state index in [0.717, 1.165) is 18.5 Å². The van der Waals surface area contributed by atoms with E-state index in [4.69, 9.17) is 5.73 Å². The summed E-state index contributed by atoms with van der Waals surface area (Å²) in [5.41, 5.74) is 6.81. The molecular weight excluding hydrogens is 238 g/mol. The second kappa shape index (κ2) is 6.16. The van der Waals surface area contributed by atoms with Crippen LogP contribution in [0.2, 0.25) is 0 Å². The molecule has 0 spiro atoms. The van der Waals surface area contributed by atoms with Gasteiger partial charge in [-0.3, -0.25) is 0 Å². The highest BCUT2D eigenvalue weighted by Crippen LogP contribution is 2.03. The number of hydrogen-bond donors (Lipinski definition) is 1. The van der Waals surface area contributed by atoms with Gasteiger partial charge in [-0.05, 0) is 12.8 Å². The van der Waals surface area contributed by atoms with E-state index in [1.165, 1.54) is 6.26 Å². The smallest absolute Gasteiger partial charge is 0.147 e. The van der Waals surface area contributed by atoms with Gasteiger partial charge < -0.3 is 10.3 Å². The summed E-state index contributed by atoms with van der Waals surface area (Å²) in [5.74, 6) is 0.217. The molecule has 1 aromatic heterocycles. The zero-order valence-electron chi connectivity index (χ0n) is 10.5. The van der Waals surface area contributed by atoms with Crippen molar-refractivity contribution in [3.05, 3.63) is 18.2 Å². The second-order valence-electron chi connectivity index (χ2n) is 4.46. The lowest BCUT2D eigenvalue weighted by atomic mass is 10.1. The lowest BCUT2D eigenvalue weighted by Crippen LogP contribution is -2.21. The third-order valence-corrected chi connectivity index (χ3v) is 3.64. The summed E-state index contributed by atoms with van der Waals surface area (Å²) < 4.78 is 23.9. The van der Waals surface area contributed by atoms with Crippen molar-refractivity contribution >= 4 is 9.84 Å². The van der Waals surface area contributed by atoms with Crippen LogP contribution in [0.5, 0.6) is 0 Å². The van der Waals surface area contributed by atoms with Gasteiger partial charge in [0.25, 0.3) is 0 Å². The minimum Gasteiger partial charge on any atom is -0.337 e. The summed E-state index contributed by atoms with van der Waals surface area (Å²) in [6.45, 7) is 2.73. The van der Waals surface area contributed by atoms with Crippen LogP contribution in [0.1, 0.15) is 25.5 Å². The number of aromatic nitrogens is 2. The maximum absolute atomic E-state index is 11.0. The molecule has 17 heavy (non-hydrogen) atoms. The molecule has 0 radical (unpaired) electrons. The summed E-state index contributed by atoms with van der Waals surface area (Å²) in [5, 5.41) is 0. The van der Waals surface area contributed by atoms with Crippen LogP contribution in [0.25, 0.3) is 0 Å². The Hall–Kier alpha value is -0.880. The van der Waals surface area contributed by atoms with Crippen LogP contribution in [0.4, 0.5) is 0 Å². The Morgan fingerprint density at radius 3 is 2.82 bits per heavy atom. The first-order chi connectivity index (χ1) is 7.90. The van der Waals surface area contributed by atoms with Crippen molar-refractivity contribution in [3.8, 4) is 0 Å². The normalized spacial score (nSPS) is 13.8. The summed E-state index contributed by atoms with van der Waals surface area (Å²) in [7, 11) is -2.86. The number of aryl methyl sites for hydroxylation is 1. The first-order valence-electron chi connectivity index (χ1n) is 5.84. The van der Waals surface area contributed by atoms with E-state index in [1.54, 1.807) is 6.33 Å². The van der Waals surface area contributed by atoms with Crippen LogP contribution in [0.15, 0.2) is 12.5 Å². The molecule has 1 aromatic rings. The molecule has 5 nitrogen and oxygen atoms in total. The van der Waals surface area contributed by atoms with Gasteiger partial charge in [-0.2, -0.15) is 0 Å². The highest BCUT2D eigenvalue weighted by Gasteiger charge is 2.05.